The third kappa shape index (κ3) is 3.35. The van der Waals surface area contributed by atoms with Gasteiger partial charge in [0, 0.05) is 6.20 Å². The summed E-state index contributed by atoms with van der Waals surface area (Å²) < 4.78 is 14.0. The number of carbonyl (C=O) groups excluding carboxylic acids is 1. The largest absolute Gasteiger partial charge is 0.345 e. The molecule has 21 heavy (non-hydrogen) atoms. The minimum absolute atomic E-state index is 0.0904. The Balaban J connectivity index is 2.21. The maximum absolute atomic E-state index is 14.0. The average Bonchev–Trinajstić information content (AvgIpc) is 2.53. The van der Waals surface area contributed by atoms with E-state index in [1.54, 1.807) is 0 Å². The Bertz CT molecular complexity index is 618. The van der Waals surface area contributed by atoms with Gasteiger partial charge in [-0.05, 0) is 18.1 Å². The van der Waals surface area contributed by atoms with Crippen molar-refractivity contribution in [2.75, 3.05) is 5.43 Å². The predicted octanol–water partition coefficient (Wildman–Crippen LogP) is 2.39. The minimum Gasteiger partial charge on any atom is -0.345 e. The summed E-state index contributed by atoms with van der Waals surface area (Å²) in [7, 11) is 0. The van der Waals surface area contributed by atoms with Crippen LogP contribution < -0.4 is 16.6 Å². The molecule has 1 aromatic heterocycles. The first-order chi connectivity index (χ1) is 10.2. The molecule has 0 aliphatic carbocycles. The zero-order valence-corrected chi connectivity index (χ0v) is 11.6. The van der Waals surface area contributed by atoms with Crippen LogP contribution in [0.25, 0.3) is 0 Å². The van der Waals surface area contributed by atoms with Gasteiger partial charge in [-0.2, -0.15) is 0 Å². The van der Waals surface area contributed by atoms with Gasteiger partial charge in [0.15, 0.2) is 11.6 Å². The van der Waals surface area contributed by atoms with E-state index in [1.807, 2.05) is 37.3 Å². The lowest BCUT2D eigenvalue weighted by Crippen LogP contribution is -2.29. The van der Waals surface area contributed by atoms with Crippen molar-refractivity contribution in [3.8, 4) is 0 Å². The Morgan fingerprint density at radius 1 is 1.33 bits per heavy atom. The van der Waals surface area contributed by atoms with E-state index in [9.17, 15) is 9.18 Å². The van der Waals surface area contributed by atoms with Crippen molar-refractivity contribution < 1.29 is 9.18 Å². The molecule has 4 N–H and O–H groups in total. The quantitative estimate of drug-likeness (QED) is 0.583. The Labute approximate surface area is 122 Å². The lowest BCUT2D eigenvalue weighted by atomic mass is 10.0. The number of hydrogen-bond donors (Lipinski definition) is 3. The van der Waals surface area contributed by atoms with Gasteiger partial charge >= 0.3 is 0 Å². The summed E-state index contributed by atoms with van der Waals surface area (Å²) in [5.74, 6) is 3.74. The van der Waals surface area contributed by atoms with Crippen LogP contribution in [0, 0.1) is 5.82 Å². The molecule has 1 heterocycles. The Morgan fingerprint density at radius 2 is 2.05 bits per heavy atom. The molecule has 0 saturated heterocycles. The molecule has 0 bridgehead atoms. The van der Waals surface area contributed by atoms with Crippen molar-refractivity contribution in [2.45, 2.75) is 19.4 Å². The van der Waals surface area contributed by atoms with Gasteiger partial charge in [0.1, 0.15) is 0 Å². The topological polar surface area (TPSA) is 80.0 Å². The number of anilines is 1. The SMILES string of the molecule is CCC(NC(=O)c1ccnc(NN)c1F)c1ccccc1. The number of pyridine rings is 1. The second kappa shape index (κ2) is 6.81. The van der Waals surface area contributed by atoms with E-state index in [-0.39, 0.29) is 17.4 Å². The lowest BCUT2D eigenvalue weighted by molar-refractivity contribution is 0.0931. The fourth-order valence-electron chi connectivity index (χ4n) is 2.06. The molecule has 1 unspecified atom stereocenters. The van der Waals surface area contributed by atoms with Crippen LogP contribution in [0.3, 0.4) is 0 Å². The molecule has 110 valence electrons. The third-order valence-corrected chi connectivity index (χ3v) is 3.19. The molecule has 0 spiro atoms. The minimum atomic E-state index is -0.764. The van der Waals surface area contributed by atoms with Crippen molar-refractivity contribution in [1.82, 2.24) is 10.3 Å². The molecule has 6 heteroatoms. The fourth-order valence-corrected chi connectivity index (χ4v) is 2.06. The zero-order valence-electron chi connectivity index (χ0n) is 11.6. The van der Waals surface area contributed by atoms with E-state index in [0.29, 0.717) is 6.42 Å². The number of hydrazine groups is 1. The van der Waals surface area contributed by atoms with E-state index in [0.717, 1.165) is 5.56 Å². The van der Waals surface area contributed by atoms with Crippen molar-refractivity contribution in [3.05, 3.63) is 59.5 Å². The van der Waals surface area contributed by atoms with E-state index >= 15 is 0 Å². The second-order valence-corrected chi connectivity index (χ2v) is 4.51. The molecule has 1 atom stereocenters. The van der Waals surface area contributed by atoms with Crippen molar-refractivity contribution >= 4 is 11.7 Å². The number of hydrogen-bond acceptors (Lipinski definition) is 4. The van der Waals surface area contributed by atoms with Crippen LogP contribution in [-0.2, 0) is 0 Å². The second-order valence-electron chi connectivity index (χ2n) is 4.51. The number of nitrogens with zero attached hydrogens (tertiary/aromatic N) is 1. The van der Waals surface area contributed by atoms with Crippen LogP contribution in [0.15, 0.2) is 42.6 Å². The normalized spacial score (nSPS) is 11.8. The average molecular weight is 288 g/mol. The molecule has 0 fully saturated rings. The summed E-state index contributed by atoms with van der Waals surface area (Å²) in [6, 6.07) is 10.7. The monoisotopic (exact) mass is 288 g/mol. The highest BCUT2D eigenvalue weighted by Gasteiger charge is 2.19. The van der Waals surface area contributed by atoms with Gasteiger partial charge in [-0.3, -0.25) is 4.79 Å². The molecule has 2 aromatic rings. The highest BCUT2D eigenvalue weighted by molar-refractivity contribution is 5.95. The number of aromatic nitrogens is 1. The summed E-state index contributed by atoms with van der Waals surface area (Å²) >= 11 is 0. The van der Waals surface area contributed by atoms with Crippen LogP contribution in [-0.4, -0.2) is 10.9 Å². The highest BCUT2D eigenvalue weighted by Crippen LogP contribution is 2.19. The zero-order chi connectivity index (χ0) is 15.2. The highest BCUT2D eigenvalue weighted by atomic mass is 19.1. The summed E-state index contributed by atoms with van der Waals surface area (Å²) in [5.41, 5.74) is 3.01. The number of benzene rings is 1. The molecule has 0 radical (unpaired) electrons. The summed E-state index contributed by atoms with van der Waals surface area (Å²) in [6.45, 7) is 1.95. The van der Waals surface area contributed by atoms with Gasteiger partial charge in [-0.15, -0.1) is 0 Å². The molecule has 5 nitrogen and oxygen atoms in total. The number of nitrogen functional groups attached to an aromatic ring is 1. The number of carbonyl (C=O) groups is 1. The number of amides is 1. The summed E-state index contributed by atoms with van der Waals surface area (Å²) in [4.78, 5) is 15.9. The number of nitrogens with two attached hydrogens (primary N) is 1. The van der Waals surface area contributed by atoms with Gasteiger partial charge in [-0.25, -0.2) is 15.2 Å². The van der Waals surface area contributed by atoms with E-state index in [1.165, 1.54) is 12.3 Å². The molecule has 0 saturated carbocycles. The molecule has 2 rings (SSSR count). The van der Waals surface area contributed by atoms with Crippen LogP contribution in [0.4, 0.5) is 10.2 Å². The first-order valence-corrected chi connectivity index (χ1v) is 6.64. The predicted molar refractivity (Wildman–Crippen MR) is 78.9 cm³/mol. The standard InChI is InChI=1S/C15H17FN4O/c1-2-12(10-6-4-3-5-7-10)19-15(21)11-8-9-18-14(20-17)13(11)16/h3-9,12H,2,17H2,1H3,(H,18,20)(H,19,21). The lowest BCUT2D eigenvalue weighted by Gasteiger charge is -2.18. The molecule has 1 amide bonds. The van der Waals surface area contributed by atoms with Crippen LogP contribution in [0.5, 0.6) is 0 Å². The van der Waals surface area contributed by atoms with Gasteiger partial charge in [0.05, 0.1) is 11.6 Å². The number of halogens is 1. The van der Waals surface area contributed by atoms with Crippen LogP contribution >= 0.6 is 0 Å². The van der Waals surface area contributed by atoms with E-state index < -0.39 is 11.7 Å². The fraction of sp³-hybridized carbons (Fsp3) is 0.200. The van der Waals surface area contributed by atoms with Crippen LogP contribution in [0.1, 0.15) is 35.3 Å². The first kappa shape index (κ1) is 14.9. The Hall–Kier alpha value is -2.47. The smallest absolute Gasteiger partial charge is 0.254 e. The van der Waals surface area contributed by atoms with Crippen molar-refractivity contribution in [3.63, 3.8) is 0 Å². The number of nitrogens with one attached hydrogen (secondary N) is 2. The Kier molecular flexibility index (Phi) is 4.84. The van der Waals surface area contributed by atoms with Crippen LogP contribution in [0.2, 0.25) is 0 Å². The maximum Gasteiger partial charge on any atom is 0.254 e. The Morgan fingerprint density at radius 3 is 2.67 bits per heavy atom. The summed E-state index contributed by atoms with van der Waals surface area (Å²) in [5, 5.41) is 2.82. The molecular weight excluding hydrogens is 271 g/mol. The van der Waals surface area contributed by atoms with Gasteiger partial charge in [0.2, 0.25) is 0 Å². The molecular formula is C15H17FN4O. The third-order valence-electron chi connectivity index (χ3n) is 3.19. The maximum atomic E-state index is 14.0. The van der Waals surface area contributed by atoms with Gasteiger partial charge in [0.25, 0.3) is 5.91 Å². The van der Waals surface area contributed by atoms with Crippen molar-refractivity contribution in [2.24, 2.45) is 5.84 Å². The first-order valence-electron chi connectivity index (χ1n) is 6.64. The molecule has 0 aliphatic rings. The van der Waals surface area contributed by atoms with Crippen molar-refractivity contribution in [1.29, 1.82) is 0 Å². The number of rotatable bonds is 5. The van der Waals surface area contributed by atoms with Gasteiger partial charge in [-0.1, -0.05) is 37.3 Å². The van der Waals surface area contributed by atoms with E-state index in [4.69, 9.17) is 5.84 Å². The van der Waals surface area contributed by atoms with Gasteiger partial charge < -0.3 is 10.7 Å². The molecule has 1 aromatic carbocycles. The molecule has 0 aliphatic heterocycles. The summed E-state index contributed by atoms with van der Waals surface area (Å²) in [6.07, 6.45) is 2.03. The van der Waals surface area contributed by atoms with E-state index in [2.05, 4.69) is 15.7 Å².